The van der Waals surface area contributed by atoms with Gasteiger partial charge in [0.05, 0.1) is 17.5 Å². The predicted molar refractivity (Wildman–Crippen MR) is 104 cm³/mol. The number of hydrogen-bond donors (Lipinski definition) is 1. The summed E-state index contributed by atoms with van der Waals surface area (Å²) in [7, 11) is 0. The minimum Gasteiger partial charge on any atom is -0.363 e. The molecule has 1 N–H and O–H groups in total. The number of aryl methyl sites for hydroxylation is 1. The normalized spacial score (nSPS) is 11.5. The molecule has 0 saturated heterocycles. The second-order valence-electron chi connectivity index (χ2n) is 6.63. The smallest absolute Gasteiger partial charge is 0.363 e. The van der Waals surface area contributed by atoms with E-state index in [0.717, 1.165) is 34.4 Å². The number of hydrogen-bond acceptors (Lipinski definition) is 6. The van der Waals surface area contributed by atoms with Crippen molar-refractivity contribution in [2.45, 2.75) is 19.6 Å². The third-order valence-electron chi connectivity index (χ3n) is 4.46. The van der Waals surface area contributed by atoms with E-state index in [-0.39, 0.29) is 23.9 Å². The van der Waals surface area contributed by atoms with Crippen molar-refractivity contribution >= 4 is 5.82 Å². The minimum atomic E-state index is -4.46. The fraction of sp³-hybridized carbons (Fsp3) is 0.150. The number of nitrogens with zero attached hydrogens (tertiary/aromatic N) is 6. The largest absolute Gasteiger partial charge is 0.416 e. The van der Waals surface area contributed by atoms with E-state index in [1.54, 1.807) is 6.20 Å². The molecule has 3 heterocycles. The van der Waals surface area contributed by atoms with Gasteiger partial charge in [-0.25, -0.2) is 9.97 Å². The van der Waals surface area contributed by atoms with Crippen molar-refractivity contribution in [1.29, 1.82) is 0 Å². The van der Waals surface area contributed by atoms with E-state index in [1.165, 1.54) is 18.3 Å². The zero-order chi connectivity index (χ0) is 22.0. The van der Waals surface area contributed by atoms with E-state index in [2.05, 4.69) is 30.6 Å². The molecule has 1 aromatic carbocycles. The van der Waals surface area contributed by atoms with Gasteiger partial charge in [0.15, 0.2) is 11.6 Å². The van der Waals surface area contributed by atoms with E-state index in [0.29, 0.717) is 5.56 Å². The quantitative estimate of drug-likeness (QED) is 0.479. The minimum absolute atomic E-state index is 0.0561. The van der Waals surface area contributed by atoms with Crippen molar-refractivity contribution in [3.8, 4) is 17.1 Å². The third-order valence-corrected chi connectivity index (χ3v) is 4.46. The number of rotatable bonds is 5. The average molecular weight is 429 g/mol. The zero-order valence-corrected chi connectivity index (χ0v) is 16.1. The van der Waals surface area contributed by atoms with Crippen LogP contribution in [0.4, 0.5) is 23.4 Å². The number of alkyl halides is 3. The molecule has 4 aromatic rings. The van der Waals surface area contributed by atoms with Crippen LogP contribution in [0.3, 0.4) is 0 Å². The number of aromatic nitrogens is 6. The number of pyridine rings is 1. The van der Waals surface area contributed by atoms with Gasteiger partial charge < -0.3 is 5.32 Å². The van der Waals surface area contributed by atoms with Crippen LogP contribution in [0.2, 0.25) is 0 Å². The highest BCUT2D eigenvalue weighted by Gasteiger charge is 2.30. The summed E-state index contributed by atoms with van der Waals surface area (Å²) < 4.78 is 54.6. The fourth-order valence-electron chi connectivity index (χ4n) is 2.84. The van der Waals surface area contributed by atoms with Gasteiger partial charge in [0, 0.05) is 24.0 Å². The van der Waals surface area contributed by atoms with Crippen molar-refractivity contribution in [2.24, 2.45) is 0 Å². The van der Waals surface area contributed by atoms with Crippen molar-refractivity contribution < 1.29 is 17.6 Å². The first-order valence-electron chi connectivity index (χ1n) is 9.07. The molecular weight excluding hydrogens is 414 g/mol. The second kappa shape index (κ2) is 8.09. The predicted octanol–water partition coefficient (Wildman–Crippen LogP) is 4.20. The maximum absolute atomic E-state index is 15.1. The summed E-state index contributed by atoms with van der Waals surface area (Å²) in [5.74, 6) is -1.02. The monoisotopic (exact) mass is 429 g/mol. The van der Waals surface area contributed by atoms with Gasteiger partial charge in [0.1, 0.15) is 6.33 Å². The molecular formula is C20H15F4N7. The summed E-state index contributed by atoms with van der Waals surface area (Å²) in [6.45, 7) is 2.14. The van der Waals surface area contributed by atoms with Gasteiger partial charge in [0.25, 0.3) is 0 Å². The lowest BCUT2D eigenvalue weighted by molar-refractivity contribution is -0.137. The van der Waals surface area contributed by atoms with E-state index >= 15 is 4.39 Å². The molecule has 0 amide bonds. The molecule has 0 atom stereocenters. The van der Waals surface area contributed by atoms with Crippen LogP contribution in [0.15, 0.2) is 55.1 Å². The maximum Gasteiger partial charge on any atom is 0.416 e. The lowest BCUT2D eigenvalue weighted by atomic mass is 10.1. The Labute approximate surface area is 173 Å². The van der Waals surface area contributed by atoms with Gasteiger partial charge in [-0.1, -0.05) is 23.4 Å². The Balaban J connectivity index is 1.62. The van der Waals surface area contributed by atoms with Gasteiger partial charge in [-0.05, 0) is 30.7 Å². The molecule has 7 nitrogen and oxygen atoms in total. The van der Waals surface area contributed by atoms with Crippen molar-refractivity contribution in [3.63, 3.8) is 0 Å². The Morgan fingerprint density at radius 3 is 2.42 bits per heavy atom. The van der Waals surface area contributed by atoms with Gasteiger partial charge in [0.2, 0.25) is 5.82 Å². The highest BCUT2D eigenvalue weighted by atomic mass is 19.4. The molecule has 0 aliphatic heterocycles. The van der Waals surface area contributed by atoms with Gasteiger partial charge >= 0.3 is 6.18 Å². The number of anilines is 1. The summed E-state index contributed by atoms with van der Waals surface area (Å²) in [6.07, 6.45) is -0.312. The SMILES string of the molecule is Cc1ccc(CNc2ncnc(-n3nncc3-c3ccc(C(F)(F)F)cc3)c2F)cn1. The molecule has 0 bridgehead atoms. The molecule has 0 radical (unpaired) electrons. The van der Waals surface area contributed by atoms with Gasteiger partial charge in [-0.3, -0.25) is 4.98 Å². The molecule has 4 rings (SSSR count). The topological polar surface area (TPSA) is 81.4 Å². The summed E-state index contributed by atoms with van der Waals surface area (Å²) in [5.41, 5.74) is 1.55. The third kappa shape index (κ3) is 4.34. The van der Waals surface area contributed by atoms with Crippen LogP contribution in [0, 0.1) is 12.7 Å². The maximum atomic E-state index is 15.1. The highest BCUT2D eigenvalue weighted by Crippen LogP contribution is 2.31. The Bertz CT molecular complexity index is 1190. The van der Waals surface area contributed by atoms with Crippen molar-refractivity contribution in [3.05, 3.63) is 77.8 Å². The summed E-state index contributed by atoms with van der Waals surface area (Å²) in [5, 5.41) is 10.5. The molecule has 0 spiro atoms. The summed E-state index contributed by atoms with van der Waals surface area (Å²) in [6, 6.07) is 8.10. The molecule has 0 unspecified atom stereocenters. The molecule has 0 saturated carbocycles. The lowest BCUT2D eigenvalue weighted by Crippen LogP contribution is -2.11. The molecule has 158 valence electrons. The van der Waals surface area contributed by atoms with E-state index in [4.69, 9.17) is 0 Å². The summed E-state index contributed by atoms with van der Waals surface area (Å²) in [4.78, 5) is 12.0. The van der Waals surface area contributed by atoms with Crippen LogP contribution < -0.4 is 5.32 Å². The van der Waals surface area contributed by atoms with Gasteiger partial charge in [-0.15, -0.1) is 5.10 Å². The van der Waals surface area contributed by atoms with Crippen LogP contribution in [0.5, 0.6) is 0 Å². The van der Waals surface area contributed by atoms with E-state index in [1.807, 2.05) is 19.1 Å². The van der Waals surface area contributed by atoms with Crippen LogP contribution in [0.25, 0.3) is 17.1 Å². The fourth-order valence-corrected chi connectivity index (χ4v) is 2.84. The molecule has 31 heavy (non-hydrogen) atoms. The lowest BCUT2D eigenvalue weighted by Gasteiger charge is -2.11. The Morgan fingerprint density at radius 2 is 1.74 bits per heavy atom. The average Bonchev–Trinajstić information content (AvgIpc) is 3.23. The summed E-state index contributed by atoms with van der Waals surface area (Å²) >= 11 is 0. The molecule has 11 heteroatoms. The Hall–Kier alpha value is -3.89. The Morgan fingerprint density at radius 1 is 0.968 bits per heavy atom. The van der Waals surface area contributed by atoms with Crippen LogP contribution in [-0.4, -0.2) is 29.9 Å². The first-order chi connectivity index (χ1) is 14.8. The van der Waals surface area contributed by atoms with Gasteiger partial charge in [-0.2, -0.15) is 22.2 Å². The number of benzene rings is 1. The first-order valence-corrected chi connectivity index (χ1v) is 9.07. The van der Waals surface area contributed by atoms with Crippen molar-refractivity contribution in [2.75, 3.05) is 5.32 Å². The first kappa shape index (κ1) is 20.4. The Kier molecular flexibility index (Phi) is 5.32. The van der Waals surface area contributed by atoms with Crippen molar-refractivity contribution in [1.82, 2.24) is 29.9 Å². The van der Waals surface area contributed by atoms with E-state index < -0.39 is 17.6 Å². The van der Waals surface area contributed by atoms with Crippen LogP contribution in [0.1, 0.15) is 16.8 Å². The molecule has 0 aliphatic carbocycles. The zero-order valence-electron chi connectivity index (χ0n) is 16.1. The van der Waals surface area contributed by atoms with Crippen LogP contribution in [-0.2, 0) is 12.7 Å². The second-order valence-corrected chi connectivity index (χ2v) is 6.63. The number of halogens is 4. The molecule has 0 aliphatic rings. The molecule has 3 aromatic heterocycles. The number of nitrogens with one attached hydrogen (secondary N) is 1. The van der Waals surface area contributed by atoms with Crippen LogP contribution >= 0.6 is 0 Å². The highest BCUT2D eigenvalue weighted by molar-refractivity contribution is 5.61. The standard InChI is InChI=1S/C20H15F4N7/c1-12-2-3-13(8-25-12)9-26-18-17(21)19(28-11-27-18)31-16(10-29-30-31)14-4-6-15(7-5-14)20(22,23)24/h2-8,10-11H,9H2,1H3,(H,26,27,28). The molecule has 0 fully saturated rings. The van der Waals surface area contributed by atoms with E-state index in [9.17, 15) is 13.2 Å².